The average Bonchev–Trinajstić information content (AvgIpc) is 2.26. The fraction of sp³-hybridized carbons (Fsp3) is 0.300. The van der Waals surface area contributed by atoms with Crippen LogP contribution in [0.1, 0.15) is 5.56 Å². The number of anilines is 1. The molecule has 0 fully saturated rings. The first-order chi connectivity index (χ1) is 7.17. The Labute approximate surface area is 92.7 Å². The van der Waals surface area contributed by atoms with Crippen molar-refractivity contribution in [3.8, 4) is 6.07 Å². The molecular formula is C10H11ClN2O2. The smallest absolute Gasteiger partial charge is 0.101 e. The van der Waals surface area contributed by atoms with Gasteiger partial charge in [-0.1, -0.05) is 11.6 Å². The normalized spacial score (nSPS) is 11.9. The van der Waals surface area contributed by atoms with E-state index in [2.05, 4.69) is 5.32 Å². The maximum absolute atomic E-state index is 9.09. The Morgan fingerprint density at radius 1 is 1.53 bits per heavy atom. The Balaban J connectivity index is 2.64. The minimum Gasteiger partial charge on any atom is -0.394 e. The van der Waals surface area contributed by atoms with E-state index in [1.54, 1.807) is 18.2 Å². The van der Waals surface area contributed by atoms with Crippen molar-refractivity contribution in [3.63, 3.8) is 0 Å². The zero-order valence-electron chi connectivity index (χ0n) is 7.94. The van der Waals surface area contributed by atoms with Crippen molar-refractivity contribution in [1.29, 1.82) is 5.26 Å². The number of benzene rings is 1. The molecule has 3 N–H and O–H groups in total. The van der Waals surface area contributed by atoms with Crippen molar-refractivity contribution >= 4 is 17.3 Å². The molecule has 0 amide bonds. The molecule has 1 aromatic rings. The molecule has 4 nitrogen and oxygen atoms in total. The van der Waals surface area contributed by atoms with E-state index in [0.29, 0.717) is 16.3 Å². The summed E-state index contributed by atoms with van der Waals surface area (Å²) < 4.78 is 0. The molecule has 0 aliphatic carbocycles. The highest BCUT2D eigenvalue weighted by Crippen LogP contribution is 2.19. The maximum Gasteiger partial charge on any atom is 0.101 e. The van der Waals surface area contributed by atoms with E-state index in [9.17, 15) is 0 Å². The second-order valence-corrected chi connectivity index (χ2v) is 3.43. The van der Waals surface area contributed by atoms with Crippen LogP contribution in [-0.2, 0) is 0 Å². The molecule has 0 unspecified atom stereocenters. The third kappa shape index (κ3) is 3.40. The molecule has 0 saturated carbocycles. The first-order valence-electron chi connectivity index (χ1n) is 4.40. The summed E-state index contributed by atoms with van der Waals surface area (Å²) in [7, 11) is 0. The van der Waals surface area contributed by atoms with E-state index in [4.69, 9.17) is 27.1 Å². The predicted octanol–water partition coefficient (Wildman–Crippen LogP) is 0.977. The van der Waals surface area contributed by atoms with Gasteiger partial charge in [-0.05, 0) is 18.2 Å². The highest BCUT2D eigenvalue weighted by molar-refractivity contribution is 6.32. The first-order valence-corrected chi connectivity index (χ1v) is 4.77. The van der Waals surface area contributed by atoms with Crippen LogP contribution in [0.25, 0.3) is 0 Å². The van der Waals surface area contributed by atoms with Crippen molar-refractivity contribution in [3.05, 3.63) is 28.8 Å². The first kappa shape index (κ1) is 11.8. The van der Waals surface area contributed by atoms with Gasteiger partial charge in [0.05, 0.1) is 23.3 Å². The van der Waals surface area contributed by atoms with Crippen molar-refractivity contribution in [2.24, 2.45) is 0 Å². The van der Waals surface area contributed by atoms with Crippen molar-refractivity contribution < 1.29 is 10.2 Å². The molecule has 0 aromatic heterocycles. The zero-order valence-corrected chi connectivity index (χ0v) is 8.70. The third-order valence-electron chi connectivity index (χ3n) is 1.84. The number of nitrogens with zero attached hydrogens (tertiary/aromatic N) is 1. The Bertz CT molecular complexity index is 376. The number of hydrogen-bond acceptors (Lipinski definition) is 4. The van der Waals surface area contributed by atoms with Crippen molar-refractivity contribution in [1.82, 2.24) is 0 Å². The Kier molecular flexibility index (Phi) is 4.37. The molecule has 0 heterocycles. The minimum atomic E-state index is -0.806. The number of nitriles is 1. The van der Waals surface area contributed by atoms with Crippen LogP contribution in [0.2, 0.25) is 5.02 Å². The lowest BCUT2D eigenvalue weighted by Gasteiger charge is -2.10. The number of aliphatic hydroxyl groups is 2. The molecule has 1 atom stereocenters. The quantitative estimate of drug-likeness (QED) is 0.715. The van der Waals surface area contributed by atoms with Crippen LogP contribution in [-0.4, -0.2) is 29.5 Å². The Hall–Kier alpha value is -1.28. The summed E-state index contributed by atoms with van der Waals surface area (Å²) >= 11 is 5.80. The molecule has 1 rings (SSSR count). The van der Waals surface area contributed by atoms with Gasteiger partial charge in [0.2, 0.25) is 0 Å². The summed E-state index contributed by atoms with van der Waals surface area (Å²) in [4.78, 5) is 0. The predicted molar refractivity (Wildman–Crippen MR) is 57.7 cm³/mol. The molecule has 15 heavy (non-hydrogen) atoms. The molecule has 0 bridgehead atoms. The van der Waals surface area contributed by atoms with E-state index in [1.807, 2.05) is 6.07 Å². The summed E-state index contributed by atoms with van der Waals surface area (Å²) in [5.74, 6) is 0. The van der Waals surface area contributed by atoms with Crippen LogP contribution in [0.4, 0.5) is 5.69 Å². The molecule has 80 valence electrons. The van der Waals surface area contributed by atoms with Gasteiger partial charge in [-0.25, -0.2) is 0 Å². The summed E-state index contributed by atoms with van der Waals surface area (Å²) in [5, 5.41) is 29.6. The summed E-state index contributed by atoms with van der Waals surface area (Å²) in [6, 6.07) is 6.83. The number of hydrogen-bond donors (Lipinski definition) is 3. The third-order valence-corrected chi connectivity index (χ3v) is 2.15. The van der Waals surface area contributed by atoms with Gasteiger partial charge < -0.3 is 15.5 Å². The second kappa shape index (κ2) is 5.56. The molecule has 0 saturated heterocycles. The van der Waals surface area contributed by atoms with E-state index in [1.165, 1.54) is 0 Å². The zero-order chi connectivity index (χ0) is 11.3. The maximum atomic E-state index is 9.09. The average molecular weight is 227 g/mol. The van der Waals surface area contributed by atoms with Crippen LogP contribution in [0.15, 0.2) is 18.2 Å². The number of rotatable bonds is 4. The molecule has 1 aromatic carbocycles. The Morgan fingerprint density at radius 2 is 2.27 bits per heavy atom. The fourth-order valence-corrected chi connectivity index (χ4v) is 1.24. The van der Waals surface area contributed by atoms with Gasteiger partial charge >= 0.3 is 0 Å². The van der Waals surface area contributed by atoms with Crippen LogP contribution in [0, 0.1) is 11.3 Å². The van der Waals surface area contributed by atoms with Gasteiger partial charge in [0, 0.05) is 12.2 Å². The van der Waals surface area contributed by atoms with Gasteiger partial charge in [-0.2, -0.15) is 5.26 Å². The SMILES string of the molecule is N#Cc1ccc(NC[C@H](O)CO)cc1Cl. The standard InChI is InChI=1S/C10H11ClN2O2/c11-10-3-8(2-1-7(10)4-12)13-5-9(15)6-14/h1-3,9,13-15H,5-6H2/t9-/m0/s1. The van der Waals surface area contributed by atoms with Gasteiger partial charge in [0.15, 0.2) is 0 Å². The highest BCUT2D eigenvalue weighted by Gasteiger charge is 2.03. The van der Waals surface area contributed by atoms with Crippen molar-refractivity contribution in [2.45, 2.75) is 6.10 Å². The van der Waals surface area contributed by atoms with Crippen molar-refractivity contribution in [2.75, 3.05) is 18.5 Å². The number of aliphatic hydroxyl groups excluding tert-OH is 2. The molecular weight excluding hydrogens is 216 g/mol. The molecule has 0 aliphatic rings. The monoisotopic (exact) mass is 226 g/mol. The molecule has 0 aliphatic heterocycles. The van der Waals surface area contributed by atoms with E-state index < -0.39 is 6.10 Å². The van der Waals surface area contributed by atoms with Crippen LogP contribution >= 0.6 is 11.6 Å². The van der Waals surface area contributed by atoms with E-state index in [0.717, 1.165) is 0 Å². The molecule has 0 spiro atoms. The van der Waals surface area contributed by atoms with Gasteiger partial charge in [-0.15, -0.1) is 0 Å². The number of halogens is 1. The van der Waals surface area contributed by atoms with E-state index >= 15 is 0 Å². The molecule has 5 heteroatoms. The summed E-state index contributed by atoms with van der Waals surface area (Å²) in [6.45, 7) is -0.0598. The van der Waals surface area contributed by atoms with E-state index in [-0.39, 0.29) is 13.2 Å². The lowest BCUT2D eigenvalue weighted by atomic mass is 10.2. The van der Waals surface area contributed by atoms with Gasteiger partial charge in [0.25, 0.3) is 0 Å². The van der Waals surface area contributed by atoms with Crippen LogP contribution < -0.4 is 5.32 Å². The fourth-order valence-electron chi connectivity index (χ4n) is 1.02. The van der Waals surface area contributed by atoms with Gasteiger partial charge in [-0.3, -0.25) is 0 Å². The molecule has 0 radical (unpaired) electrons. The van der Waals surface area contributed by atoms with Crippen LogP contribution in [0.3, 0.4) is 0 Å². The van der Waals surface area contributed by atoms with Crippen LogP contribution in [0.5, 0.6) is 0 Å². The minimum absolute atomic E-state index is 0.235. The lowest BCUT2D eigenvalue weighted by molar-refractivity contribution is 0.105. The summed E-state index contributed by atoms with van der Waals surface area (Å²) in [6.07, 6.45) is -0.806. The summed E-state index contributed by atoms with van der Waals surface area (Å²) in [5.41, 5.74) is 1.11. The lowest BCUT2D eigenvalue weighted by Crippen LogP contribution is -2.22. The highest BCUT2D eigenvalue weighted by atomic mass is 35.5. The Morgan fingerprint density at radius 3 is 2.80 bits per heavy atom. The number of nitrogens with one attached hydrogen (secondary N) is 1. The largest absolute Gasteiger partial charge is 0.394 e. The van der Waals surface area contributed by atoms with Gasteiger partial charge in [0.1, 0.15) is 6.07 Å². The topological polar surface area (TPSA) is 76.3 Å². The second-order valence-electron chi connectivity index (χ2n) is 3.02.